The molecule has 12 heteroatoms. The summed E-state index contributed by atoms with van der Waals surface area (Å²) in [4.78, 5) is 0.403. The average Bonchev–Trinajstić information content (AvgIpc) is 3.37. The van der Waals surface area contributed by atoms with Crippen molar-refractivity contribution in [3.05, 3.63) is 181 Å². The maximum atomic E-state index is 13.5. The van der Waals surface area contributed by atoms with Crippen LogP contribution in [0, 0.1) is 23.7 Å². The summed E-state index contributed by atoms with van der Waals surface area (Å²) in [5.41, 5.74) is -0.544. The zero-order valence-electron chi connectivity index (χ0n) is 38.0. The average molecular weight is 947 g/mol. The molecular formula is C56H50O10S2. The molecule has 2 N–H and O–H groups in total. The van der Waals surface area contributed by atoms with E-state index in [0.717, 1.165) is 11.1 Å². The number of hydrogen-bond acceptors (Lipinski definition) is 10. The van der Waals surface area contributed by atoms with Crippen molar-refractivity contribution in [2.45, 2.75) is 84.2 Å². The van der Waals surface area contributed by atoms with E-state index in [1.807, 2.05) is 27.7 Å². The Morgan fingerprint density at radius 3 is 0.706 bits per heavy atom. The van der Waals surface area contributed by atoms with Crippen molar-refractivity contribution in [3.8, 4) is 69.7 Å². The molecule has 0 unspecified atom stereocenters. The van der Waals surface area contributed by atoms with Gasteiger partial charge < -0.3 is 29.2 Å². The van der Waals surface area contributed by atoms with Crippen molar-refractivity contribution in [3.63, 3.8) is 0 Å². The molecule has 0 aromatic heterocycles. The van der Waals surface area contributed by atoms with Gasteiger partial charge in [-0.25, -0.2) is 16.8 Å². The van der Waals surface area contributed by atoms with Crippen molar-refractivity contribution in [1.29, 1.82) is 0 Å². The first-order valence-electron chi connectivity index (χ1n) is 22.1. The van der Waals surface area contributed by atoms with E-state index in [4.69, 9.17) is 18.9 Å². The fourth-order valence-electron chi connectivity index (χ4n) is 6.58. The largest absolute Gasteiger partial charge is 0.457 e. The number of sulfone groups is 2. The van der Waals surface area contributed by atoms with Gasteiger partial charge in [0.15, 0.2) is 0 Å². The van der Waals surface area contributed by atoms with Gasteiger partial charge >= 0.3 is 0 Å². The summed E-state index contributed by atoms with van der Waals surface area (Å²) < 4.78 is 77.6. The van der Waals surface area contributed by atoms with Gasteiger partial charge in [-0.1, -0.05) is 51.4 Å². The first kappa shape index (κ1) is 48.6. The molecule has 0 bridgehead atoms. The number of hydrogen-bond donors (Lipinski definition) is 2. The van der Waals surface area contributed by atoms with E-state index in [1.165, 1.54) is 48.5 Å². The summed E-state index contributed by atoms with van der Waals surface area (Å²) in [6.07, 6.45) is 2.16. The predicted octanol–water partition coefficient (Wildman–Crippen LogP) is 12.3. The van der Waals surface area contributed by atoms with Crippen molar-refractivity contribution < 1.29 is 46.0 Å². The van der Waals surface area contributed by atoms with Crippen LogP contribution >= 0.6 is 0 Å². The van der Waals surface area contributed by atoms with E-state index < -0.39 is 30.9 Å². The minimum absolute atomic E-state index is 0.0966. The number of benzene rings is 7. The van der Waals surface area contributed by atoms with Gasteiger partial charge in [-0.3, -0.25) is 0 Å². The Labute approximate surface area is 398 Å². The summed E-state index contributed by atoms with van der Waals surface area (Å²) in [6, 6.07) is 45.6. The van der Waals surface area contributed by atoms with E-state index in [2.05, 4.69) is 23.7 Å². The van der Waals surface area contributed by atoms with Gasteiger partial charge in [0.05, 0.1) is 19.6 Å². The normalized spacial score (nSPS) is 11.6. The standard InChI is InChI=1S/C56H50O10S2/c1-5-55(57,6-2)39-37-41-9-13-43(14-10-41)63-47-21-29-51(30-22-47)67(59,60)53-33-25-49(26-34-53)65-45-17-19-46(20-18-45)66-50-27-35-54(36-28-50)68(61,62)52-31-23-48(24-32-52)64-44-15-11-42(12-16-44)38-40-56(58,7-3)8-4/h9-36,57-58H,5-8H2,1-4H3. The van der Waals surface area contributed by atoms with Crippen LogP contribution in [-0.2, 0) is 19.7 Å². The lowest BCUT2D eigenvalue weighted by molar-refractivity contribution is 0.0927. The van der Waals surface area contributed by atoms with Crippen LogP contribution in [0.2, 0.25) is 0 Å². The molecule has 0 heterocycles. The maximum Gasteiger partial charge on any atom is 0.206 e. The third-order valence-corrected chi connectivity index (χ3v) is 14.8. The lowest BCUT2D eigenvalue weighted by atomic mass is 9.98. The molecule has 0 aliphatic heterocycles. The highest BCUT2D eigenvalue weighted by Crippen LogP contribution is 2.32. The Balaban J connectivity index is 0.896. The van der Waals surface area contributed by atoms with Gasteiger partial charge in [0.2, 0.25) is 19.7 Å². The number of aliphatic hydroxyl groups is 2. The Kier molecular flexibility index (Phi) is 15.1. The Morgan fingerprint density at radius 2 is 0.515 bits per heavy atom. The second kappa shape index (κ2) is 21.1. The molecule has 68 heavy (non-hydrogen) atoms. The fourth-order valence-corrected chi connectivity index (χ4v) is 9.10. The monoisotopic (exact) mass is 946 g/mol. The smallest absolute Gasteiger partial charge is 0.206 e. The molecule has 0 aliphatic carbocycles. The highest BCUT2D eigenvalue weighted by Gasteiger charge is 2.21. The molecule has 7 aromatic rings. The minimum Gasteiger partial charge on any atom is -0.457 e. The minimum atomic E-state index is -3.83. The van der Waals surface area contributed by atoms with E-state index in [9.17, 15) is 27.0 Å². The summed E-state index contributed by atoms with van der Waals surface area (Å²) in [5, 5.41) is 20.8. The lowest BCUT2D eigenvalue weighted by Crippen LogP contribution is -2.23. The molecule has 0 aliphatic rings. The van der Waals surface area contributed by atoms with Crippen LogP contribution in [0.25, 0.3) is 0 Å². The molecule has 346 valence electrons. The van der Waals surface area contributed by atoms with Gasteiger partial charge in [0.1, 0.15) is 57.2 Å². The molecule has 7 rings (SSSR count). The van der Waals surface area contributed by atoms with Crippen LogP contribution in [-0.4, -0.2) is 38.3 Å². The highest BCUT2D eigenvalue weighted by atomic mass is 32.2. The van der Waals surface area contributed by atoms with Gasteiger partial charge in [0.25, 0.3) is 0 Å². The quantitative estimate of drug-likeness (QED) is 0.0898. The lowest BCUT2D eigenvalue weighted by Gasteiger charge is -2.17. The second-order valence-electron chi connectivity index (χ2n) is 15.8. The van der Waals surface area contributed by atoms with Crippen LogP contribution in [0.1, 0.15) is 64.5 Å². The van der Waals surface area contributed by atoms with Crippen molar-refractivity contribution in [2.24, 2.45) is 0 Å². The van der Waals surface area contributed by atoms with Crippen LogP contribution in [0.5, 0.6) is 46.0 Å². The Morgan fingerprint density at radius 1 is 0.338 bits per heavy atom. The van der Waals surface area contributed by atoms with Crippen molar-refractivity contribution >= 4 is 19.7 Å². The fraction of sp³-hybridized carbons (Fsp3) is 0.179. The van der Waals surface area contributed by atoms with Crippen molar-refractivity contribution in [2.75, 3.05) is 0 Å². The van der Waals surface area contributed by atoms with Crippen molar-refractivity contribution in [1.82, 2.24) is 0 Å². The first-order valence-corrected chi connectivity index (χ1v) is 25.0. The Hall–Kier alpha value is -7.32. The number of ether oxygens (including phenoxy) is 4. The predicted molar refractivity (Wildman–Crippen MR) is 261 cm³/mol. The molecule has 0 saturated heterocycles. The van der Waals surface area contributed by atoms with Crippen LogP contribution in [0.3, 0.4) is 0 Å². The van der Waals surface area contributed by atoms with Gasteiger partial charge in [-0.05, 0) is 196 Å². The third kappa shape index (κ3) is 12.2. The third-order valence-electron chi connectivity index (χ3n) is 11.2. The molecule has 0 amide bonds. The van der Waals surface area contributed by atoms with Crippen LogP contribution in [0.15, 0.2) is 189 Å². The molecule has 0 radical (unpaired) electrons. The van der Waals surface area contributed by atoms with E-state index >= 15 is 0 Å². The number of rotatable bonds is 16. The zero-order chi connectivity index (χ0) is 48.4. The van der Waals surface area contributed by atoms with Gasteiger partial charge in [-0.15, -0.1) is 0 Å². The molecule has 0 atom stereocenters. The Bertz CT molecular complexity index is 2940. The topological polar surface area (TPSA) is 146 Å². The summed E-state index contributed by atoms with van der Waals surface area (Å²) in [5.74, 6) is 15.7. The molecule has 7 aromatic carbocycles. The summed E-state index contributed by atoms with van der Waals surface area (Å²) in [6.45, 7) is 7.58. The van der Waals surface area contributed by atoms with E-state index in [0.29, 0.717) is 71.7 Å². The first-order chi connectivity index (χ1) is 32.6. The second-order valence-corrected chi connectivity index (χ2v) is 19.7. The van der Waals surface area contributed by atoms with Gasteiger partial charge in [-0.2, -0.15) is 0 Å². The summed E-state index contributed by atoms with van der Waals surface area (Å²) >= 11 is 0. The van der Waals surface area contributed by atoms with Gasteiger partial charge in [0, 0.05) is 11.1 Å². The SMILES string of the molecule is CCC(O)(C#Cc1ccc(Oc2ccc(S(=O)(=O)c3ccc(Oc4ccc(Oc5ccc(S(=O)(=O)c6ccc(Oc7ccc(C#CC(O)(CC)CC)cc7)cc6)cc5)cc4)cc3)cc2)cc1)CC. The van der Waals surface area contributed by atoms with E-state index in [-0.39, 0.29) is 19.6 Å². The van der Waals surface area contributed by atoms with E-state index in [1.54, 1.807) is 121 Å². The molecule has 0 fully saturated rings. The molecule has 10 nitrogen and oxygen atoms in total. The molecule has 0 spiro atoms. The maximum absolute atomic E-state index is 13.5. The highest BCUT2D eigenvalue weighted by molar-refractivity contribution is 7.91. The van der Waals surface area contributed by atoms with Crippen LogP contribution < -0.4 is 18.9 Å². The van der Waals surface area contributed by atoms with Crippen LogP contribution in [0.4, 0.5) is 0 Å². The molecular weight excluding hydrogens is 897 g/mol. The molecule has 0 saturated carbocycles. The summed E-state index contributed by atoms with van der Waals surface area (Å²) in [7, 11) is -7.67. The zero-order valence-corrected chi connectivity index (χ0v) is 39.6.